The van der Waals surface area contributed by atoms with Gasteiger partial charge in [0, 0.05) is 0 Å². The molecule has 116 valence electrons. The average Bonchev–Trinajstić information content (AvgIpc) is 2.49. The molecule has 1 fully saturated rings. The van der Waals surface area contributed by atoms with Crippen LogP contribution in [0, 0.1) is 0 Å². The summed E-state index contributed by atoms with van der Waals surface area (Å²) in [6.45, 7) is 0.195. The molecule has 0 aromatic heterocycles. The molecule has 0 saturated carbocycles. The van der Waals surface area contributed by atoms with Crippen molar-refractivity contribution in [3.63, 3.8) is 0 Å². The van der Waals surface area contributed by atoms with Crippen LogP contribution in [-0.4, -0.2) is 41.4 Å². The quantitative estimate of drug-likeness (QED) is 0.601. The number of piperazine rings is 1. The summed E-state index contributed by atoms with van der Waals surface area (Å²) in [6, 6.07) is 6.19. The zero-order valence-electron chi connectivity index (χ0n) is 11.4. The Labute approximate surface area is 125 Å². The summed E-state index contributed by atoms with van der Waals surface area (Å²) in [5.74, 6) is -2.45. The van der Waals surface area contributed by atoms with E-state index in [0.29, 0.717) is 5.56 Å². The highest BCUT2D eigenvalue weighted by Gasteiger charge is 2.40. The fourth-order valence-electron chi connectivity index (χ4n) is 2.23. The normalized spacial score (nSPS) is 22.2. The maximum absolute atomic E-state index is 12.1. The number of aliphatic carboxylic acids is 1. The third kappa shape index (κ3) is 3.40. The summed E-state index contributed by atoms with van der Waals surface area (Å²) in [4.78, 5) is 45.3. The highest BCUT2D eigenvalue weighted by atomic mass is 16.5. The molecule has 0 aliphatic carbocycles. The van der Waals surface area contributed by atoms with Crippen molar-refractivity contribution in [2.45, 2.75) is 24.6 Å². The number of carboxylic acid groups (broad SMARTS) is 1. The maximum atomic E-state index is 12.1. The molecule has 1 aromatic rings. The van der Waals surface area contributed by atoms with E-state index in [0.717, 1.165) is 0 Å². The van der Waals surface area contributed by atoms with Crippen LogP contribution in [0.5, 0.6) is 0 Å². The van der Waals surface area contributed by atoms with Crippen LogP contribution in [0.15, 0.2) is 30.3 Å². The zero-order valence-corrected chi connectivity index (χ0v) is 11.4. The molecule has 22 heavy (non-hydrogen) atoms. The predicted molar refractivity (Wildman–Crippen MR) is 72.4 cm³/mol. The lowest BCUT2D eigenvalue weighted by atomic mass is 9.98. The standard InChI is InChI=1S/C14H14N2O6/c17-7-22-12(8-4-2-1-3-5-8)11-14(21)15-9(6-10(18)19)13(20)16-11/h1-5,7,9,11-12H,6H2,(H,15,21)(H,16,20)(H,18,19)/t9-,11?,12?/m0/s1. The molecule has 8 heteroatoms. The highest BCUT2D eigenvalue weighted by Crippen LogP contribution is 2.22. The van der Waals surface area contributed by atoms with E-state index in [1.54, 1.807) is 30.3 Å². The molecule has 1 aromatic carbocycles. The first-order valence-corrected chi connectivity index (χ1v) is 6.49. The monoisotopic (exact) mass is 306 g/mol. The third-order valence-corrected chi connectivity index (χ3v) is 3.22. The molecule has 1 aliphatic rings. The van der Waals surface area contributed by atoms with Crippen molar-refractivity contribution < 1.29 is 29.0 Å². The van der Waals surface area contributed by atoms with Gasteiger partial charge in [0.2, 0.25) is 11.8 Å². The fourth-order valence-corrected chi connectivity index (χ4v) is 2.23. The van der Waals surface area contributed by atoms with Crippen molar-refractivity contribution in [1.29, 1.82) is 0 Å². The van der Waals surface area contributed by atoms with Crippen molar-refractivity contribution in [3.05, 3.63) is 35.9 Å². The number of hydrogen-bond acceptors (Lipinski definition) is 5. The summed E-state index contributed by atoms with van der Waals surface area (Å²) < 4.78 is 4.93. The van der Waals surface area contributed by atoms with Gasteiger partial charge in [0.1, 0.15) is 12.1 Å². The number of rotatable bonds is 6. The van der Waals surface area contributed by atoms with E-state index in [9.17, 15) is 19.2 Å². The number of hydrogen-bond donors (Lipinski definition) is 3. The maximum Gasteiger partial charge on any atom is 0.305 e. The van der Waals surface area contributed by atoms with Crippen molar-refractivity contribution in [2.24, 2.45) is 0 Å². The van der Waals surface area contributed by atoms with Crippen LogP contribution < -0.4 is 10.6 Å². The Hall–Kier alpha value is -2.90. The van der Waals surface area contributed by atoms with Gasteiger partial charge >= 0.3 is 5.97 Å². The molecule has 0 radical (unpaired) electrons. The molecule has 8 nitrogen and oxygen atoms in total. The molecule has 0 spiro atoms. The van der Waals surface area contributed by atoms with Crippen LogP contribution in [-0.2, 0) is 23.9 Å². The second kappa shape index (κ2) is 6.70. The van der Waals surface area contributed by atoms with Crippen LogP contribution in [0.25, 0.3) is 0 Å². The van der Waals surface area contributed by atoms with E-state index in [-0.39, 0.29) is 6.47 Å². The summed E-state index contributed by atoms with van der Waals surface area (Å²) in [5, 5.41) is 13.4. The first-order valence-electron chi connectivity index (χ1n) is 6.49. The first-order chi connectivity index (χ1) is 10.5. The lowest BCUT2D eigenvalue weighted by Crippen LogP contribution is -2.63. The van der Waals surface area contributed by atoms with Gasteiger partial charge in [-0.05, 0) is 5.56 Å². The molecule has 0 bridgehead atoms. The second-order valence-electron chi connectivity index (χ2n) is 4.71. The molecular formula is C14H14N2O6. The summed E-state index contributed by atoms with van der Waals surface area (Å²) in [5.41, 5.74) is 0.534. The lowest BCUT2D eigenvalue weighted by molar-refractivity contribution is -0.148. The fraction of sp³-hybridized carbons (Fsp3) is 0.286. The van der Waals surface area contributed by atoms with Crippen LogP contribution in [0.2, 0.25) is 0 Å². The van der Waals surface area contributed by atoms with Crippen molar-refractivity contribution in [3.8, 4) is 0 Å². The number of benzene rings is 1. The number of carbonyl (C=O) groups excluding carboxylic acids is 3. The van der Waals surface area contributed by atoms with Gasteiger partial charge in [0.05, 0.1) is 6.42 Å². The van der Waals surface area contributed by atoms with Gasteiger partial charge in [-0.1, -0.05) is 30.3 Å². The van der Waals surface area contributed by atoms with Gasteiger partial charge < -0.3 is 20.5 Å². The van der Waals surface area contributed by atoms with Crippen LogP contribution in [0.3, 0.4) is 0 Å². The molecule has 3 atom stereocenters. The summed E-state index contributed by atoms with van der Waals surface area (Å²) in [6.07, 6.45) is -1.51. The molecule has 1 saturated heterocycles. The van der Waals surface area contributed by atoms with Crippen molar-refractivity contribution in [2.75, 3.05) is 0 Å². The Bertz CT molecular complexity index is 588. The zero-order chi connectivity index (χ0) is 16.1. The highest BCUT2D eigenvalue weighted by molar-refractivity contribution is 5.99. The Morgan fingerprint density at radius 3 is 2.50 bits per heavy atom. The summed E-state index contributed by atoms with van der Waals surface area (Å²) in [7, 11) is 0. The number of nitrogens with one attached hydrogen (secondary N) is 2. The lowest BCUT2D eigenvalue weighted by Gasteiger charge is -2.32. The van der Waals surface area contributed by atoms with Gasteiger partial charge in [-0.25, -0.2) is 0 Å². The van der Waals surface area contributed by atoms with E-state index < -0.39 is 42.4 Å². The average molecular weight is 306 g/mol. The van der Waals surface area contributed by atoms with Gasteiger partial charge in [-0.3, -0.25) is 19.2 Å². The van der Waals surface area contributed by atoms with Crippen LogP contribution in [0.4, 0.5) is 0 Å². The van der Waals surface area contributed by atoms with Gasteiger partial charge in [0.15, 0.2) is 6.10 Å². The first kappa shape index (κ1) is 15.5. The number of amides is 2. The molecule has 3 N–H and O–H groups in total. The molecule has 1 aliphatic heterocycles. The minimum atomic E-state index is -1.21. The Balaban J connectivity index is 2.19. The van der Waals surface area contributed by atoms with E-state index in [1.165, 1.54) is 0 Å². The molecule has 2 unspecified atom stereocenters. The number of carbonyl (C=O) groups is 4. The van der Waals surface area contributed by atoms with Gasteiger partial charge in [-0.15, -0.1) is 0 Å². The minimum absolute atomic E-state index is 0.195. The molecule has 2 amide bonds. The van der Waals surface area contributed by atoms with E-state index in [1.807, 2.05) is 0 Å². The number of ether oxygens (including phenoxy) is 1. The van der Waals surface area contributed by atoms with Crippen molar-refractivity contribution in [1.82, 2.24) is 10.6 Å². The van der Waals surface area contributed by atoms with Gasteiger partial charge in [0.25, 0.3) is 6.47 Å². The molecular weight excluding hydrogens is 292 g/mol. The largest absolute Gasteiger partial charge is 0.481 e. The third-order valence-electron chi connectivity index (χ3n) is 3.22. The molecule has 1 heterocycles. The molecule has 2 rings (SSSR count). The van der Waals surface area contributed by atoms with Crippen LogP contribution >= 0.6 is 0 Å². The van der Waals surface area contributed by atoms with Crippen molar-refractivity contribution >= 4 is 24.3 Å². The van der Waals surface area contributed by atoms with E-state index in [2.05, 4.69) is 10.6 Å². The SMILES string of the molecule is O=COC(c1ccccc1)C1NC(=O)[C@H](CC(=O)O)NC1=O. The van der Waals surface area contributed by atoms with Crippen LogP contribution in [0.1, 0.15) is 18.1 Å². The van der Waals surface area contributed by atoms with E-state index in [4.69, 9.17) is 9.84 Å². The Morgan fingerprint density at radius 2 is 1.91 bits per heavy atom. The smallest absolute Gasteiger partial charge is 0.305 e. The Kier molecular flexibility index (Phi) is 4.72. The van der Waals surface area contributed by atoms with E-state index >= 15 is 0 Å². The number of carboxylic acids is 1. The second-order valence-corrected chi connectivity index (χ2v) is 4.71. The summed E-state index contributed by atoms with van der Waals surface area (Å²) >= 11 is 0. The topological polar surface area (TPSA) is 122 Å². The minimum Gasteiger partial charge on any atom is -0.481 e. The Morgan fingerprint density at radius 1 is 1.23 bits per heavy atom. The predicted octanol–water partition coefficient (Wildman–Crippen LogP) is -0.641. The van der Waals surface area contributed by atoms with Gasteiger partial charge in [-0.2, -0.15) is 0 Å².